The van der Waals surface area contributed by atoms with E-state index in [4.69, 9.17) is 5.73 Å². The van der Waals surface area contributed by atoms with Gasteiger partial charge in [-0.1, -0.05) is 0 Å². The molecule has 0 rings (SSSR count). The number of hydrogen-bond acceptors (Lipinski definition) is 5. The summed E-state index contributed by atoms with van der Waals surface area (Å²) in [5.74, 6) is -0.816. The Bertz CT molecular complexity index is 243. The lowest BCUT2D eigenvalue weighted by Crippen LogP contribution is -2.40. The number of nitrogens with two attached hydrogens (primary N) is 2. The molecule has 0 unspecified atom stereocenters. The number of primary amides is 1. The summed E-state index contributed by atoms with van der Waals surface area (Å²) in [5, 5.41) is 4.66. The van der Waals surface area contributed by atoms with Gasteiger partial charge in [-0.15, -0.1) is 0 Å². The highest BCUT2D eigenvalue weighted by atomic mass is 16.5. The van der Waals surface area contributed by atoms with Crippen molar-refractivity contribution in [1.29, 1.82) is 0 Å². The Hall–Kier alpha value is -1.83. The molecule has 0 aromatic carbocycles. The van der Waals surface area contributed by atoms with E-state index in [0.717, 1.165) is 0 Å². The van der Waals surface area contributed by atoms with Gasteiger partial charge in [0.05, 0.1) is 19.6 Å². The topological polar surface area (TPSA) is 137 Å². The lowest BCUT2D eigenvalue weighted by atomic mass is 10.5. The zero-order chi connectivity index (χ0) is 11.7. The standard InChI is InChI=1S/C7H14N4O4/c8-3-5(12)11-4-6(13)10-1-2-15-7(9)14/h1-4,8H2,(H2,9,14)(H,10,13)(H,11,12). The van der Waals surface area contributed by atoms with Crippen LogP contribution in [0.5, 0.6) is 0 Å². The van der Waals surface area contributed by atoms with Crippen molar-refractivity contribution >= 4 is 17.9 Å². The second-order valence-corrected chi connectivity index (χ2v) is 2.50. The van der Waals surface area contributed by atoms with Gasteiger partial charge in [0.2, 0.25) is 11.8 Å². The van der Waals surface area contributed by atoms with Crippen LogP contribution >= 0.6 is 0 Å². The number of nitrogens with one attached hydrogen (secondary N) is 2. The van der Waals surface area contributed by atoms with E-state index in [1.165, 1.54) is 0 Å². The van der Waals surface area contributed by atoms with Crippen LogP contribution in [0.25, 0.3) is 0 Å². The van der Waals surface area contributed by atoms with Crippen LogP contribution in [-0.2, 0) is 14.3 Å². The van der Waals surface area contributed by atoms with Gasteiger partial charge in [-0.2, -0.15) is 0 Å². The lowest BCUT2D eigenvalue weighted by Gasteiger charge is -2.05. The SMILES string of the molecule is NCC(=O)NCC(=O)NCCOC(N)=O. The second-order valence-electron chi connectivity index (χ2n) is 2.50. The Morgan fingerprint density at radius 1 is 1.13 bits per heavy atom. The third kappa shape index (κ3) is 8.50. The fraction of sp³-hybridized carbons (Fsp3) is 0.571. The molecule has 0 heterocycles. The minimum absolute atomic E-state index is 0.00803. The van der Waals surface area contributed by atoms with Crippen LogP contribution < -0.4 is 22.1 Å². The van der Waals surface area contributed by atoms with E-state index in [1.807, 2.05) is 0 Å². The van der Waals surface area contributed by atoms with Gasteiger partial charge < -0.3 is 26.8 Å². The first-order valence-electron chi connectivity index (χ1n) is 4.22. The number of carbonyl (C=O) groups is 3. The predicted octanol–water partition coefficient (Wildman–Crippen LogP) is -2.73. The highest BCUT2D eigenvalue weighted by molar-refractivity contribution is 5.85. The van der Waals surface area contributed by atoms with Gasteiger partial charge in [0, 0.05) is 0 Å². The molecule has 0 aliphatic rings. The molecule has 0 bridgehead atoms. The van der Waals surface area contributed by atoms with E-state index in [0.29, 0.717) is 0 Å². The normalized spacial score (nSPS) is 9.13. The largest absolute Gasteiger partial charge is 0.448 e. The van der Waals surface area contributed by atoms with Crippen molar-refractivity contribution in [3.8, 4) is 0 Å². The van der Waals surface area contributed by atoms with Gasteiger partial charge in [0.25, 0.3) is 0 Å². The van der Waals surface area contributed by atoms with Crippen molar-refractivity contribution in [2.45, 2.75) is 0 Å². The fourth-order valence-electron chi connectivity index (χ4n) is 0.656. The summed E-state index contributed by atoms with van der Waals surface area (Å²) in [4.78, 5) is 31.7. The Morgan fingerprint density at radius 3 is 2.33 bits per heavy atom. The summed E-state index contributed by atoms with van der Waals surface area (Å²) in [6.45, 7) is -0.198. The van der Waals surface area contributed by atoms with Crippen molar-refractivity contribution in [1.82, 2.24) is 10.6 Å². The van der Waals surface area contributed by atoms with E-state index >= 15 is 0 Å². The maximum atomic E-state index is 11.0. The Morgan fingerprint density at radius 2 is 1.80 bits per heavy atom. The molecule has 0 saturated heterocycles. The van der Waals surface area contributed by atoms with Crippen LogP contribution in [0.15, 0.2) is 0 Å². The number of rotatable bonds is 6. The molecule has 8 nitrogen and oxygen atoms in total. The molecule has 0 radical (unpaired) electrons. The lowest BCUT2D eigenvalue weighted by molar-refractivity contribution is -0.125. The second kappa shape index (κ2) is 7.56. The summed E-state index contributed by atoms with van der Waals surface area (Å²) < 4.78 is 4.36. The van der Waals surface area contributed by atoms with Crippen LogP contribution in [-0.4, -0.2) is 44.1 Å². The molecule has 0 aromatic heterocycles. The van der Waals surface area contributed by atoms with Crippen molar-refractivity contribution < 1.29 is 19.1 Å². The Labute approximate surface area is 86.3 Å². The predicted molar refractivity (Wildman–Crippen MR) is 50.6 cm³/mol. The van der Waals surface area contributed by atoms with Gasteiger partial charge >= 0.3 is 6.09 Å². The molecular weight excluding hydrogens is 204 g/mol. The minimum atomic E-state index is -0.902. The molecule has 0 saturated carbocycles. The van der Waals surface area contributed by atoms with E-state index in [1.54, 1.807) is 0 Å². The van der Waals surface area contributed by atoms with E-state index in [9.17, 15) is 14.4 Å². The van der Waals surface area contributed by atoms with E-state index in [2.05, 4.69) is 21.1 Å². The molecule has 0 aromatic rings. The highest BCUT2D eigenvalue weighted by Crippen LogP contribution is 1.72. The van der Waals surface area contributed by atoms with Gasteiger partial charge in [-0.25, -0.2) is 4.79 Å². The molecule has 0 spiro atoms. The van der Waals surface area contributed by atoms with E-state index in [-0.39, 0.29) is 26.2 Å². The third-order valence-electron chi connectivity index (χ3n) is 1.30. The number of amides is 3. The van der Waals surface area contributed by atoms with Gasteiger partial charge in [0.1, 0.15) is 6.61 Å². The highest BCUT2D eigenvalue weighted by Gasteiger charge is 2.03. The molecule has 0 aliphatic carbocycles. The Kier molecular flexibility index (Phi) is 6.64. The Balaban J connectivity index is 3.41. The average molecular weight is 218 g/mol. The van der Waals surface area contributed by atoms with Gasteiger partial charge in [0.15, 0.2) is 0 Å². The average Bonchev–Trinajstić information content (AvgIpc) is 2.20. The number of hydrogen-bond donors (Lipinski definition) is 4. The van der Waals surface area contributed by atoms with Crippen molar-refractivity contribution in [2.24, 2.45) is 11.5 Å². The number of ether oxygens (including phenoxy) is 1. The molecule has 0 fully saturated rings. The zero-order valence-corrected chi connectivity index (χ0v) is 8.12. The van der Waals surface area contributed by atoms with Crippen LogP contribution in [0.3, 0.4) is 0 Å². The molecule has 15 heavy (non-hydrogen) atoms. The molecule has 0 aliphatic heterocycles. The van der Waals surface area contributed by atoms with Crippen LogP contribution in [0, 0.1) is 0 Å². The monoisotopic (exact) mass is 218 g/mol. The first-order valence-corrected chi connectivity index (χ1v) is 4.22. The van der Waals surface area contributed by atoms with Crippen LogP contribution in [0.2, 0.25) is 0 Å². The first-order chi connectivity index (χ1) is 7.06. The summed E-state index contributed by atoms with van der Waals surface area (Å²) in [7, 11) is 0. The zero-order valence-electron chi connectivity index (χ0n) is 8.12. The number of carbonyl (C=O) groups excluding carboxylic acids is 3. The summed E-state index contributed by atoms with van der Waals surface area (Å²) in [6, 6.07) is 0. The molecule has 6 N–H and O–H groups in total. The smallest absolute Gasteiger partial charge is 0.404 e. The molecule has 0 atom stereocenters. The summed E-state index contributed by atoms with van der Waals surface area (Å²) in [5.41, 5.74) is 9.68. The maximum absolute atomic E-state index is 11.0. The molecule has 3 amide bonds. The first kappa shape index (κ1) is 13.2. The van der Waals surface area contributed by atoms with Crippen molar-refractivity contribution in [3.05, 3.63) is 0 Å². The van der Waals surface area contributed by atoms with Gasteiger partial charge in [-0.3, -0.25) is 9.59 Å². The molecule has 86 valence electrons. The van der Waals surface area contributed by atoms with Crippen LogP contribution in [0.4, 0.5) is 4.79 Å². The molecular formula is C7H14N4O4. The van der Waals surface area contributed by atoms with E-state index < -0.39 is 17.9 Å². The van der Waals surface area contributed by atoms with Crippen molar-refractivity contribution in [3.63, 3.8) is 0 Å². The maximum Gasteiger partial charge on any atom is 0.404 e. The quantitative estimate of drug-likeness (QED) is 0.359. The third-order valence-corrected chi connectivity index (χ3v) is 1.30. The van der Waals surface area contributed by atoms with Crippen molar-refractivity contribution in [2.75, 3.05) is 26.2 Å². The molecule has 8 heteroatoms. The minimum Gasteiger partial charge on any atom is -0.448 e. The van der Waals surface area contributed by atoms with Crippen LogP contribution in [0.1, 0.15) is 0 Å². The fourth-order valence-corrected chi connectivity index (χ4v) is 0.656. The summed E-state index contributed by atoms with van der Waals surface area (Å²) in [6.07, 6.45) is -0.902. The van der Waals surface area contributed by atoms with Gasteiger partial charge in [-0.05, 0) is 0 Å². The summed E-state index contributed by atoms with van der Waals surface area (Å²) >= 11 is 0.